The summed E-state index contributed by atoms with van der Waals surface area (Å²) < 4.78 is 5.24. The van der Waals surface area contributed by atoms with Gasteiger partial charge in [0.25, 0.3) is 5.91 Å². The molecule has 0 saturated heterocycles. The predicted octanol–water partition coefficient (Wildman–Crippen LogP) is 3.27. The minimum atomic E-state index is -1.24. The molecule has 0 aliphatic carbocycles. The maximum absolute atomic E-state index is 13.4. The van der Waals surface area contributed by atoms with E-state index in [4.69, 9.17) is 17.6 Å². The predicted molar refractivity (Wildman–Crippen MR) is 138 cm³/mol. The van der Waals surface area contributed by atoms with E-state index in [1.165, 1.54) is 0 Å². The third kappa shape index (κ3) is 7.84. The lowest BCUT2D eigenvalue weighted by molar-refractivity contribution is -0.138. The maximum atomic E-state index is 13.4. The van der Waals surface area contributed by atoms with Gasteiger partial charge in [-0.3, -0.25) is 14.5 Å². The number of hydrogen-bond acceptors (Lipinski definition) is 5. The summed E-state index contributed by atoms with van der Waals surface area (Å²) in [5, 5.41) is 5.29. The highest BCUT2D eigenvalue weighted by molar-refractivity contribution is 7.80. The third-order valence-electron chi connectivity index (χ3n) is 4.78. The van der Waals surface area contributed by atoms with Crippen LogP contribution in [0.5, 0.6) is 0 Å². The van der Waals surface area contributed by atoms with Crippen molar-refractivity contribution in [3.63, 3.8) is 0 Å². The van der Waals surface area contributed by atoms with Gasteiger partial charge >= 0.3 is 6.09 Å². The number of alkyl carbamates (subject to hydrolysis) is 1. The SMILES string of the molecule is C#Cc1ccccc1C(C(=O)NCc1ccccc1)N(C#C)C(=O)C(CS)NC(=O)OC(C)(C)C. The van der Waals surface area contributed by atoms with Gasteiger partial charge in [-0.15, -0.1) is 6.42 Å². The molecule has 0 saturated carbocycles. The monoisotopic (exact) mass is 491 g/mol. The van der Waals surface area contributed by atoms with Gasteiger partial charge in [-0.05, 0) is 32.4 Å². The van der Waals surface area contributed by atoms with E-state index in [2.05, 4.69) is 35.2 Å². The molecule has 2 unspecified atom stereocenters. The first-order chi connectivity index (χ1) is 16.6. The Bertz CT molecular complexity index is 1130. The molecular weight excluding hydrogens is 462 g/mol. The van der Waals surface area contributed by atoms with Crippen molar-refractivity contribution in [2.75, 3.05) is 5.75 Å². The Morgan fingerprint density at radius 1 is 1.06 bits per heavy atom. The van der Waals surface area contributed by atoms with Crippen LogP contribution in [0.4, 0.5) is 4.79 Å². The minimum Gasteiger partial charge on any atom is -0.444 e. The number of hydrogen-bond donors (Lipinski definition) is 3. The molecule has 2 rings (SSSR count). The maximum Gasteiger partial charge on any atom is 0.408 e. The third-order valence-corrected chi connectivity index (χ3v) is 5.14. The van der Waals surface area contributed by atoms with Gasteiger partial charge in [0.2, 0.25) is 5.91 Å². The van der Waals surface area contributed by atoms with Gasteiger partial charge in [0.1, 0.15) is 17.7 Å². The lowest BCUT2D eigenvalue weighted by atomic mass is 9.98. The summed E-state index contributed by atoms with van der Waals surface area (Å²) in [6.07, 6.45) is 10.6. The van der Waals surface area contributed by atoms with Gasteiger partial charge in [0.05, 0.1) is 0 Å². The quantitative estimate of drug-likeness (QED) is 0.301. The van der Waals surface area contributed by atoms with Crippen molar-refractivity contribution in [2.45, 2.75) is 45.0 Å². The van der Waals surface area contributed by atoms with Gasteiger partial charge in [0, 0.05) is 29.5 Å². The van der Waals surface area contributed by atoms with E-state index in [-0.39, 0.29) is 12.3 Å². The summed E-state index contributed by atoms with van der Waals surface area (Å²) in [6.45, 7) is 5.30. The van der Waals surface area contributed by atoms with Crippen LogP contribution >= 0.6 is 12.6 Å². The van der Waals surface area contributed by atoms with Crippen LogP contribution in [-0.4, -0.2) is 40.2 Å². The summed E-state index contributed by atoms with van der Waals surface area (Å²) in [5.41, 5.74) is 0.874. The Morgan fingerprint density at radius 2 is 1.69 bits per heavy atom. The first-order valence-corrected chi connectivity index (χ1v) is 11.5. The Hall–Kier alpha value is -3.88. The second-order valence-corrected chi connectivity index (χ2v) is 8.92. The summed E-state index contributed by atoms with van der Waals surface area (Å²) in [4.78, 5) is 40.0. The number of ether oxygens (including phenoxy) is 1. The molecule has 182 valence electrons. The molecule has 35 heavy (non-hydrogen) atoms. The number of nitrogens with zero attached hydrogens (tertiary/aromatic N) is 1. The largest absolute Gasteiger partial charge is 0.444 e. The van der Waals surface area contributed by atoms with Crippen LogP contribution in [-0.2, 0) is 20.9 Å². The van der Waals surface area contributed by atoms with Crippen molar-refractivity contribution < 1.29 is 19.1 Å². The van der Waals surface area contributed by atoms with Crippen LogP contribution in [0, 0.1) is 24.8 Å². The van der Waals surface area contributed by atoms with Crippen LogP contribution in [0.15, 0.2) is 54.6 Å². The molecule has 2 N–H and O–H groups in total. The first-order valence-electron chi connectivity index (χ1n) is 10.9. The standard InChI is InChI=1S/C27H29N3O4S/c1-6-20-15-11-12-16-21(20)23(24(31)28-17-19-13-9-8-10-14-19)30(7-2)25(32)22(18-35)29-26(33)34-27(3,4)5/h1-2,8-16,22-23,35H,17-18H2,3-5H3,(H,28,31)(H,29,33). The second kappa shape index (κ2) is 12.5. The zero-order valence-corrected chi connectivity index (χ0v) is 20.8. The molecule has 7 nitrogen and oxygen atoms in total. The topological polar surface area (TPSA) is 87.7 Å². The van der Waals surface area contributed by atoms with Gasteiger partial charge in [-0.2, -0.15) is 12.6 Å². The highest BCUT2D eigenvalue weighted by Crippen LogP contribution is 2.25. The zero-order chi connectivity index (χ0) is 26.0. The second-order valence-electron chi connectivity index (χ2n) is 8.56. The Labute approximate surface area is 212 Å². The van der Waals surface area contributed by atoms with Crippen LogP contribution in [0.2, 0.25) is 0 Å². The number of amides is 3. The molecule has 0 fully saturated rings. The van der Waals surface area contributed by atoms with Gasteiger partial charge in [-0.25, -0.2) is 4.79 Å². The normalized spacial score (nSPS) is 12.3. The van der Waals surface area contributed by atoms with E-state index < -0.39 is 35.6 Å². The Kier molecular flexibility index (Phi) is 9.81. The highest BCUT2D eigenvalue weighted by Gasteiger charge is 2.36. The zero-order valence-electron chi connectivity index (χ0n) is 19.9. The lowest BCUT2D eigenvalue weighted by Gasteiger charge is -2.30. The molecule has 2 aromatic carbocycles. The number of thiol groups is 1. The summed E-state index contributed by atoms with van der Waals surface area (Å²) in [5.74, 6) is 1.22. The van der Waals surface area contributed by atoms with Crippen molar-refractivity contribution in [1.29, 1.82) is 0 Å². The van der Waals surface area contributed by atoms with E-state index in [0.717, 1.165) is 10.5 Å². The summed E-state index contributed by atoms with van der Waals surface area (Å²) in [6, 6.07) is 15.9. The number of carbonyl (C=O) groups excluding carboxylic acids is 3. The average molecular weight is 492 g/mol. The van der Waals surface area contributed by atoms with Crippen molar-refractivity contribution in [2.24, 2.45) is 0 Å². The molecule has 0 aliphatic rings. The van der Waals surface area contributed by atoms with E-state index >= 15 is 0 Å². The number of nitrogens with one attached hydrogen (secondary N) is 2. The molecule has 0 spiro atoms. The van der Waals surface area contributed by atoms with E-state index in [1.807, 2.05) is 30.3 Å². The lowest BCUT2D eigenvalue weighted by Crippen LogP contribution is -2.52. The average Bonchev–Trinajstić information content (AvgIpc) is 2.83. The number of benzene rings is 2. The first kappa shape index (κ1) is 27.4. The van der Waals surface area contributed by atoms with Crippen LogP contribution in [0.1, 0.15) is 43.5 Å². The van der Waals surface area contributed by atoms with E-state index in [9.17, 15) is 14.4 Å². The van der Waals surface area contributed by atoms with Gasteiger partial charge in [0.15, 0.2) is 0 Å². The molecule has 2 aromatic rings. The fourth-order valence-corrected chi connectivity index (χ4v) is 3.46. The van der Waals surface area contributed by atoms with Crippen molar-refractivity contribution in [1.82, 2.24) is 15.5 Å². The van der Waals surface area contributed by atoms with Crippen molar-refractivity contribution >= 4 is 30.5 Å². The number of carbonyl (C=O) groups is 3. The smallest absolute Gasteiger partial charge is 0.408 e. The minimum absolute atomic E-state index is 0.0780. The highest BCUT2D eigenvalue weighted by atomic mass is 32.1. The summed E-state index contributed by atoms with van der Waals surface area (Å²) >= 11 is 4.19. The van der Waals surface area contributed by atoms with Crippen LogP contribution in [0.25, 0.3) is 0 Å². The molecule has 0 aliphatic heterocycles. The van der Waals surface area contributed by atoms with Crippen molar-refractivity contribution in [3.05, 3.63) is 71.3 Å². The molecule has 8 heteroatoms. The number of rotatable bonds is 8. The fraction of sp³-hybridized carbons (Fsp3) is 0.296. The molecule has 0 aromatic heterocycles. The fourth-order valence-electron chi connectivity index (χ4n) is 3.21. The molecular formula is C27H29N3O4S. The van der Waals surface area contributed by atoms with Gasteiger partial charge < -0.3 is 15.4 Å². The Morgan fingerprint density at radius 3 is 2.26 bits per heavy atom. The summed E-state index contributed by atoms with van der Waals surface area (Å²) in [7, 11) is 0. The molecule has 3 amide bonds. The van der Waals surface area contributed by atoms with Crippen LogP contribution < -0.4 is 10.6 Å². The van der Waals surface area contributed by atoms with Crippen LogP contribution in [0.3, 0.4) is 0 Å². The number of terminal acetylenes is 2. The van der Waals surface area contributed by atoms with E-state index in [0.29, 0.717) is 11.1 Å². The van der Waals surface area contributed by atoms with E-state index in [1.54, 1.807) is 45.0 Å². The van der Waals surface area contributed by atoms with Crippen molar-refractivity contribution in [3.8, 4) is 24.8 Å². The molecule has 0 radical (unpaired) electrons. The Balaban J connectivity index is 2.39. The molecule has 2 atom stereocenters. The molecule has 0 heterocycles. The van der Waals surface area contributed by atoms with Gasteiger partial charge in [-0.1, -0.05) is 60.9 Å². The molecule has 0 bridgehead atoms.